The molecule has 2 aromatic carbocycles. The number of carboxylic acid groups (broad SMARTS) is 1. The van der Waals surface area contributed by atoms with Gasteiger partial charge in [-0.15, -0.1) is 0 Å². The van der Waals surface area contributed by atoms with E-state index in [4.69, 9.17) is 39.9 Å². The fourth-order valence-electron chi connectivity index (χ4n) is 2.99. The van der Waals surface area contributed by atoms with Crippen molar-refractivity contribution in [2.24, 2.45) is 7.05 Å². The highest BCUT2D eigenvalue weighted by molar-refractivity contribution is 6.45. The van der Waals surface area contributed by atoms with Gasteiger partial charge in [0.15, 0.2) is 5.72 Å². The van der Waals surface area contributed by atoms with Crippen molar-refractivity contribution >= 4 is 57.6 Å². The molecule has 7 nitrogen and oxygen atoms in total. The maximum absolute atomic E-state index is 12.8. The average Bonchev–Trinajstić information content (AvgIpc) is 3.01. The monoisotopic (exact) mass is 456 g/mol. The van der Waals surface area contributed by atoms with Crippen LogP contribution in [0.4, 0.5) is 0 Å². The summed E-state index contributed by atoms with van der Waals surface area (Å²) in [7, 11) is 1.63. The first-order chi connectivity index (χ1) is 13.6. The Morgan fingerprint density at radius 3 is 2.38 bits per heavy atom. The van der Waals surface area contributed by atoms with Gasteiger partial charge in [-0.3, -0.25) is 4.79 Å². The number of carboxylic acids is 1. The molecule has 0 aliphatic heterocycles. The number of aromatic nitrogens is 1. The Morgan fingerprint density at radius 1 is 1.10 bits per heavy atom. The van der Waals surface area contributed by atoms with E-state index in [9.17, 15) is 19.8 Å². The van der Waals surface area contributed by atoms with E-state index in [1.165, 1.54) is 18.2 Å². The normalized spacial score (nSPS) is 13.3. The number of aromatic carboxylic acids is 1. The van der Waals surface area contributed by atoms with Crippen molar-refractivity contribution in [3.05, 3.63) is 68.3 Å². The second-order valence-corrected chi connectivity index (χ2v) is 7.55. The lowest BCUT2D eigenvalue weighted by atomic mass is 10.0. The topological polar surface area (TPSA) is 112 Å². The van der Waals surface area contributed by atoms with Gasteiger partial charge in [0.1, 0.15) is 5.69 Å². The molecule has 0 spiro atoms. The molecular formula is C19H15Cl3N2O5. The van der Waals surface area contributed by atoms with E-state index in [0.717, 1.165) is 6.07 Å². The highest BCUT2D eigenvalue weighted by Crippen LogP contribution is 2.33. The number of nitrogens with zero attached hydrogens (tertiary/aromatic N) is 1. The summed E-state index contributed by atoms with van der Waals surface area (Å²) in [5.41, 5.74) is -1.62. The number of aliphatic hydroxyl groups is 2. The fourth-order valence-corrected chi connectivity index (χ4v) is 3.71. The predicted molar refractivity (Wildman–Crippen MR) is 110 cm³/mol. The van der Waals surface area contributed by atoms with Crippen molar-refractivity contribution in [3.8, 4) is 0 Å². The van der Waals surface area contributed by atoms with Crippen LogP contribution in [0, 0.1) is 0 Å². The maximum Gasteiger partial charge on any atom is 0.335 e. The number of hydrogen-bond donors (Lipinski definition) is 4. The van der Waals surface area contributed by atoms with Crippen molar-refractivity contribution in [2.75, 3.05) is 6.61 Å². The van der Waals surface area contributed by atoms with Crippen molar-refractivity contribution in [1.82, 2.24) is 9.88 Å². The summed E-state index contributed by atoms with van der Waals surface area (Å²) in [6.45, 7) is -0.901. The van der Waals surface area contributed by atoms with Crippen LogP contribution in [0.3, 0.4) is 0 Å². The third-order valence-electron chi connectivity index (χ3n) is 4.56. The second kappa shape index (κ2) is 7.85. The van der Waals surface area contributed by atoms with Crippen LogP contribution in [-0.2, 0) is 12.8 Å². The standard InChI is InChI=1S/C19H15Cl3N2O5/c1-24-14-5-4-12(20)16(22)10(14)7-15(24)17(26)23-19(29,8-25)11-3-2-9(18(27)28)6-13(11)21/h2-7,25,29H,8H2,1H3,(H,23,26)(H,27,28). The van der Waals surface area contributed by atoms with E-state index in [2.05, 4.69) is 5.32 Å². The molecule has 10 heteroatoms. The van der Waals surface area contributed by atoms with Crippen LogP contribution < -0.4 is 5.32 Å². The third-order valence-corrected chi connectivity index (χ3v) is 5.69. The number of benzene rings is 2. The molecule has 0 aliphatic rings. The van der Waals surface area contributed by atoms with Crippen LogP contribution in [-0.4, -0.2) is 38.4 Å². The first-order valence-corrected chi connectivity index (χ1v) is 9.35. The van der Waals surface area contributed by atoms with Crippen molar-refractivity contribution in [1.29, 1.82) is 0 Å². The Balaban J connectivity index is 2.00. The number of aliphatic hydroxyl groups excluding tert-OH is 1. The lowest BCUT2D eigenvalue weighted by molar-refractivity contribution is -0.0419. The minimum atomic E-state index is -2.25. The molecule has 0 fully saturated rings. The Morgan fingerprint density at radius 2 is 1.79 bits per heavy atom. The van der Waals surface area contributed by atoms with Crippen LogP contribution in [0.5, 0.6) is 0 Å². The van der Waals surface area contributed by atoms with Gasteiger partial charge < -0.3 is 25.2 Å². The number of rotatable bonds is 5. The largest absolute Gasteiger partial charge is 0.478 e. The van der Waals surface area contributed by atoms with Crippen molar-refractivity contribution in [2.45, 2.75) is 5.72 Å². The van der Waals surface area contributed by atoms with E-state index < -0.39 is 24.2 Å². The molecule has 29 heavy (non-hydrogen) atoms. The number of carbonyl (C=O) groups is 2. The molecule has 1 aromatic heterocycles. The number of halogens is 3. The van der Waals surface area contributed by atoms with Gasteiger partial charge >= 0.3 is 5.97 Å². The molecule has 0 aliphatic carbocycles. The molecular weight excluding hydrogens is 443 g/mol. The Labute approximate surface area is 180 Å². The SMILES string of the molecule is Cn1c(C(=O)NC(O)(CO)c2ccc(C(=O)O)cc2Cl)cc2c(Cl)c(Cl)ccc21. The summed E-state index contributed by atoms with van der Waals surface area (Å²) in [6, 6.07) is 8.34. The zero-order valence-electron chi connectivity index (χ0n) is 14.9. The van der Waals surface area contributed by atoms with Crippen LogP contribution in [0.1, 0.15) is 26.4 Å². The van der Waals surface area contributed by atoms with Gasteiger partial charge in [-0.25, -0.2) is 4.79 Å². The molecule has 3 aromatic rings. The van der Waals surface area contributed by atoms with E-state index in [1.807, 2.05) is 0 Å². The quantitative estimate of drug-likeness (QED) is 0.439. The zero-order valence-corrected chi connectivity index (χ0v) is 17.2. The van der Waals surface area contributed by atoms with Crippen LogP contribution in [0.25, 0.3) is 10.9 Å². The molecule has 3 rings (SSSR count). The summed E-state index contributed by atoms with van der Waals surface area (Å²) in [5.74, 6) is -1.92. The third kappa shape index (κ3) is 3.80. The Hall–Kier alpha value is -2.29. The number of nitrogens with one attached hydrogen (secondary N) is 1. The van der Waals surface area contributed by atoms with E-state index in [0.29, 0.717) is 15.9 Å². The summed E-state index contributed by atoms with van der Waals surface area (Å²) in [5, 5.41) is 33.0. The summed E-state index contributed by atoms with van der Waals surface area (Å²) in [6.07, 6.45) is 0. The first kappa shape index (κ1) is 21.4. The zero-order chi connectivity index (χ0) is 21.5. The first-order valence-electron chi connectivity index (χ1n) is 8.21. The van der Waals surface area contributed by atoms with Crippen molar-refractivity contribution in [3.63, 3.8) is 0 Å². The van der Waals surface area contributed by atoms with E-state index >= 15 is 0 Å². The molecule has 1 unspecified atom stereocenters. The Kier molecular flexibility index (Phi) is 5.80. The van der Waals surface area contributed by atoms with E-state index in [1.54, 1.807) is 23.7 Å². The number of fused-ring (bicyclic) bond motifs is 1. The van der Waals surface area contributed by atoms with Crippen LogP contribution in [0.2, 0.25) is 15.1 Å². The van der Waals surface area contributed by atoms with E-state index in [-0.39, 0.29) is 26.9 Å². The molecule has 0 saturated heterocycles. The van der Waals surface area contributed by atoms with Gasteiger partial charge in [0, 0.05) is 28.5 Å². The highest BCUT2D eigenvalue weighted by Gasteiger charge is 2.34. The number of amides is 1. The summed E-state index contributed by atoms with van der Waals surface area (Å²) < 4.78 is 1.56. The number of aryl methyl sites for hydroxylation is 1. The van der Waals surface area contributed by atoms with Gasteiger partial charge in [0.25, 0.3) is 5.91 Å². The molecule has 0 saturated carbocycles. The smallest absolute Gasteiger partial charge is 0.335 e. The molecule has 0 radical (unpaired) electrons. The minimum Gasteiger partial charge on any atom is -0.478 e. The average molecular weight is 458 g/mol. The van der Waals surface area contributed by atoms with Gasteiger partial charge in [0.2, 0.25) is 0 Å². The number of carbonyl (C=O) groups excluding carboxylic acids is 1. The minimum absolute atomic E-state index is 0.0557. The maximum atomic E-state index is 12.8. The fraction of sp³-hybridized carbons (Fsp3) is 0.158. The lowest BCUT2D eigenvalue weighted by Crippen LogP contribution is -2.49. The van der Waals surface area contributed by atoms with Gasteiger partial charge in [-0.2, -0.15) is 0 Å². The predicted octanol–water partition coefficient (Wildman–Crippen LogP) is 3.40. The number of hydrogen-bond acceptors (Lipinski definition) is 4. The Bertz CT molecular complexity index is 1140. The molecule has 1 heterocycles. The molecule has 0 bridgehead atoms. The van der Waals surface area contributed by atoms with Crippen LogP contribution in [0.15, 0.2) is 36.4 Å². The molecule has 152 valence electrons. The summed E-state index contributed by atoms with van der Waals surface area (Å²) in [4.78, 5) is 23.9. The van der Waals surface area contributed by atoms with Gasteiger partial charge in [-0.1, -0.05) is 40.9 Å². The van der Waals surface area contributed by atoms with Gasteiger partial charge in [-0.05, 0) is 30.3 Å². The highest BCUT2D eigenvalue weighted by atomic mass is 35.5. The molecule has 1 amide bonds. The molecule has 1 atom stereocenters. The lowest BCUT2D eigenvalue weighted by Gasteiger charge is -2.28. The van der Waals surface area contributed by atoms with Crippen LogP contribution >= 0.6 is 34.8 Å². The summed E-state index contributed by atoms with van der Waals surface area (Å²) >= 11 is 18.3. The van der Waals surface area contributed by atoms with Gasteiger partial charge in [0.05, 0.1) is 22.2 Å². The molecule has 4 N–H and O–H groups in total. The van der Waals surface area contributed by atoms with Crippen molar-refractivity contribution < 1.29 is 24.9 Å². The second-order valence-electron chi connectivity index (χ2n) is 6.36.